The van der Waals surface area contributed by atoms with E-state index in [2.05, 4.69) is 108 Å². The molecule has 0 aromatic heterocycles. The van der Waals surface area contributed by atoms with E-state index in [1.807, 2.05) is 0 Å². The standard InChI is InChI=1S/2C14H17.Pt/c2*1-3-5-10-13(9-4-2)14-11-7-6-8-12-14;/h2*2,4,6-9,11-12H,3,5,10H2,1H3;. The van der Waals surface area contributed by atoms with Crippen molar-refractivity contribution in [3.05, 3.63) is 105 Å². The maximum absolute atomic E-state index is 2.35. The summed E-state index contributed by atoms with van der Waals surface area (Å²) in [6, 6.07) is 21.6. The van der Waals surface area contributed by atoms with Crippen LogP contribution in [0.25, 0.3) is 11.1 Å². The quantitative estimate of drug-likeness (QED) is 0.226. The van der Waals surface area contributed by atoms with E-state index in [0.717, 1.165) is 12.8 Å². The Labute approximate surface area is 186 Å². The first-order chi connectivity index (χ1) is 14.3. The van der Waals surface area contributed by atoms with Crippen molar-refractivity contribution < 1.29 is 18.6 Å². The van der Waals surface area contributed by atoms with Crippen molar-refractivity contribution in [2.45, 2.75) is 52.4 Å². The van der Waals surface area contributed by atoms with Gasteiger partial charge in [0, 0.05) is 0 Å². The third kappa shape index (κ3) is 9.42. The normalized spacial score (nSPS) is 13.0. The number of unbranched alkanes of at least 4 members (excludes halogenated alkanes) is 2. The predicted octanol–water partition coefficient (Wildman–Crippen LogP) is 8.64. The molecule has 0 radical (unpaired) electrons. The molecule has 2 rings (SSSR count). The Balaban J connectivity index is 1.96. The number of allylic oxidation sites excluding steroid dienone is 6. The fourth-order valence-electron chi connectivity index (χ4n) is 3.09. The topological polar surface area (TPSA) is 0 Å². The van der Waals surface area contributed by atoms with Gasteiger partial charge in [0.15, 0.2) is 0 Å². The van der Waals surface area contributed by atoms with Gasteiger partial charge < -0.3 is 0 Å². The van der Waals surface area contributed by atoms with Gasteiger partial charge in [-0.3, -0.25) is 0 Å². The molecule has 1 heteroatoms. The Bertz CT molecular complexity index is 725. The summed E-state index contributed by atoms with van der Waals surface area (Å²) >= 11 is -0.0669. The summed E-state index contributed by atoms with van der Waals surface area (Å²) in [5.41, 5.74) is 5.60. The van der Waals surface area contributed by atoms with Crippen LogP contribution in [0.4, 0.5) is 0 Å². The first kappa shape index (κ1) is 23.4. The van der Waals surface area contributed by atoms with Crippen molar-refractivity contribution in [2.24, 2.45) is 0 Å². The van der Waals surface area contributed by atoms with E-state index >= 15 is 0 Å². The fourth-order valence-corrected chi connectivity index (χ4v) is 4.28. The van der Waals surface area contributed by atoms with Gasteiger partial charge in [-0.15, -0.1) is 0 Å². The van der Waals surface area contributed by atoms with Crippen LogP contribution in [-0.2, 0) is 18.6 Å². The monoisotopic (exact) mass is 565 g/mol. The van der Waals surface area contributed by atoms with Crippen molar-refractivity contribution in [1.82, 2.24) is 0 Å². The molecule has 0 nitrogen and oxygen atoms in total. The van der Waals surface area contributed by atoms with E-state index < -0.39 is 0 Å². The molecule has 0 saturated heterocycles. The van der Waals surface area contributed by atoms with Gasteiger partial charge in [-0.05, 0) is 0 Å². The Morgan fingerprint density at radius 1 is 0.655 bits per heavy atom. The molecule has 0 aliphatic rings. The molecule has 0 aliphatic carbocycles. The third-order valence-corrected chi connectivity index (χ3v) is 6.48. The summed E-state index contributed by atoms with van der Waals surface area (Å²) in [5, 5.41) is 0. The van der Waals surface area contributed by atoms with Crippen molar-refractivity contribution >= 4 is 11.1 Å². The summed E-state index contributed by atoms with van der Waals surface area (Å²) in [6.07, 6.45) is 16.4. The van der Waals surface area contributed by atoms with Gasteiger partial charge in [-0.2, -0.15) is 0 Å². The molecule has 0 saturated carbocycles. The zero-order valence-corrected chi connectivity index (χ0v) is 20.1. The summed E-state index contributed by atoms with van der Waals surface area (Å²) < 4.78 is 4.71. The molecule has 0 bridgehead atoms. The number of rotatable bonds is 12. The van der Waals surface area contributed by atoms with Gasteiger partial charge in [-0.1, -0.05) is 0 Å². The van der Waals surface area contributed by atoms with E-state index in [4.69, 9.17) is 0 Å². The molecule has 0 N–H and O–H groups in total. The molecule has 0 aliphatic heterocycles. The van der Waals surface area contributed by atoms with E-state index in [1.165, 1.54) is 48.0 Å². The van der Waals surface area contributed by atoms with E-state index in [1.54, 1.807) is 0 Å². The van der Waals surface area contributed by atoms with E-state index in [0.29, 0.717) is 0 Å². The molecule has 0 spiro atoms. The van der Waals surface area contributed by atoms with Crippen LogP contribution in [0.15, 0.2) is 93.9 Å². The zero-order chi connectivity index (χ0) is 20.6. The Kier molecular flexibility index (Phi) is 12.1. The average Bonchev–Trinajstić information content (AvgIpc) is 2.78. The van der Waals surface area contributed by atoms with Crippen LogP contribution in [0.1, 0.15) is 63.5 Å². The fraction of sp³-hybridized carbons (Fsp3) is 0.286. The van der Waals surface area contributed by atoms with Crippen LogP contribution in [0.5, 0.6) is 0 Å². The van der Waals surface area contributed by atoms with Gasteiger partial charge in [0.1, 0.15) is 0 Å². The minimum atomic E-state index is -0.0669. The molecule has 0 amide bonds. The summed E-state index contributed by atoms with van der Waals surface area (Å²) in [6.45, 7) is 4.51. The molecule has 29 heavy (non-hydrogen) atoms. The van der Waals surface area contributed by atoms with Crippen molar-refractivity contribution in [3.8, 4) is 0 Å². The second-order valence-corrected chi connectivity index (χ2v) is 9.30. The molecule has 0 fully saturated rings. The van der Waals surface area contributed by atoms with Crippen LogP contribution in [0.3, 0.4) is 0 Å². The Morgan fingerprint density at radius 2 is 1.07 bits per heavy atom. The summed E-state index contributed by atoms with van der Waals surface area (Å²) in [4.78, 5) is 0. The van der Waals surface area contributed by atoms with Gasteiger partial charge in [0.25, 0.3) is 0 Å². The first-order valence-corrected chi connectivity index (χ1v) is 13.3. The van der Waals surface area contributed by atoms with Crippen LogP contribution < -0.4 is 0 Å². The average molecular weight is 566 g/mol. The van der Waals surface area contributed by atoms with E-state index in [9.17, 15) is 0 Å². The molecule has 2 aromatic carbocycles. The van der Waals surface area contributed by atoms with Gasteiger partial charge >= 0.3 is 187 Å². The van der Waals surface area contributed by atoms with Crippen molar-refractivity contribution in [1.29, 1.82) is 0 Å². The van der Waals surface area contributed by atoms with Gasteiger partial charge in [-0.25, -0.2) is 0 Å². The summed E-state index contributed by atoms with van der Waals surface area (Å²) in [7, 11) is 0. The van der Waals surface area contributed by atoms with E-state index in [-0.39, 0.29) is 18.6 Å². The zero-order valence-electron chi connectivity index (χ0n) is 17.8. The van der Waals surface area contributed by atoms with Crippen molar-refractivity contribution in [3.63, 3.8) is 0 Å². The Morgan fingerprint density at radius 3 is 1.45 bits per heavy atom. The molecule has 0 atom stereocenters. The third-order valence-electron chi connectivity index (χ3n) is 4.73. The molecule has 2 aromatic rings. The SMILES string of the molecule is CCCCC(=CC=[CH][Pt][CH]=CC=C(CCCC)c1ccccc1)c1ccccc1. The molecule has 0 heterocycles. The van der Waals surface area contributed by atoms with Gasteiger partial charge in [0.2, 0.25) is 0 Å². The van der Waals surface area contributed by atoms with Crippen LogP contribution >= 0.6 is 0 Å². The van der Waals surface area contributed by atoms with Crippen LogP contribution in [0.2, 0.25) is 0 Å². The molecule has 0 unspecified atom stereocenters. The van der Waals surface area contributed by atoms with Gasteiger partial charge in [0.05, 0.1) is 0 Å². The minimum absolute atomic E-state index is 0.0669. The molecule has 156 valence electrons. The second kappa shape index (κ2) is 15.0. The first-order valence-electron chi connectivity index (χ1n) is 10.7. The molecular formula is C28H34Pt. The van der Waals surface area contributed by atoms with Crippen LogP contribution in [-0.4, -0.2) is 0 Å². The van der Waals surface area contributed by atoms with Crippen molar-refractivity contribution in [2.75, 3.05) is 0 Å². The number of hydrogen-bond acceptors (Lipinski definition) is 0. The second-order valence-electron chi connectivity index (χ2n) is 7.02. The predicted molar refractivity (Wildman–Crippen MR) is 126 cm³/mol. The maximum atomic E-state index is 2.35. The Hall–Kier alpha value is -1.91. The summed E-state index contributed by atoms with van der Waals surface area (Å²) in [5.74, 6) is 0. The van der Waals surface area contributed by atoms with Crippen LogP contribution in [0, 0.1) is 0 Å². The number of benzene rings is 2. The number of hydrogen-bond donors (Lipinski definition) is 0. The molecular weight excluding hydrogens is 531 g/mol.